The number of piperidine rings is 1. The van der Waals surface area contributed by atoms with Crippen LogP contribution in [0.4, 0.5) is 26.3 Å². The Morgan fingerprint density at radius 2 is 1.50 bits per heavy atom. The van der Waals surface area contributed by atoms with Crippen LogP contribution in [0.2, 0.25) is 0 Å². The molecule has 2 heterocycles. The lowest BCUT2D eigenvalue weighted by molar-refractivity contribution is -0.193. The molecule has 0 saturated carbocycles. The summed E-state index contributed by atoms with van der Waals surface area (Å²) in [4.78, 5) is 37.3. The molecule has 1 aromatic rings. The van der Waals surface area contributed by atoms with Crippen molar-refractivity contribution in [1.29, 1.82) is 5.26 Å². The summed E-state index contributed by atoms with van der Waals surface area (Å²) in [6.07, 6.45) is -7.95. The quantitative estimate of drug-likeness (QED) is 0.547. The third-order valence-electron chi connectivity index (χ3n) is 5.98. The van der Waals surface area contributed by atoms with Crippen LogP contribution >= 0.6 is 0 Å². The number of amides is 1. The molecule has 2 aliphatic heterocycles. The Morgan fingerprint density at radius 3 is 1.89 bits per heavy atom. The molecule has 1 aromatic carbocycles. The summed E-state index contributed by atoms with van der Waals surface area (Å²) in [5, 5.41) is 23.1. The van der Waals surface area contributed by atoms with Gasteiger partial charge in [0.1, 0.15) is 0 Å². The summed E-state index contributed by atoms with van der Waals surface area (Å²) in [5.74, 6) is -4.85. The molecule has 2 N–H and O–H groups in total. The van der Waals surface area contributed by atoms with Crippen molar-refractivity contribution in [1.82, 2.24) is 14.7 Å². The van der Waals surface area contributed by atoms with Gasteiger partial charge in [-0.15, -0.1) is 0 Å². The number of aliphatic carboxylic acids is 2. The zero-order chi connectivity index (χ0) is 29.4. The first-order valence-electron chi connectivity index (χ1n) is 11.1. The number of carboxylic acid groups (broad SMARTS) is 2. The number of hydrogen-bond donors (Lipinski definition) is 2. The predicted octanol–water partition coefficient (Wildman–Crippen LogP) is 2.92. The topological polar surface area (TPSA) is 125 Å². The zero-order valence-electron chi connectivity index (χ0n) is 20.8. The zero-order valence-corrected chi connectivity index (χ0v) is 20.8. The van der Waals surface area contributed by atoms with Gasteiger partial charge < -0.3 is 20.0 Å². The predicted molar refractivity (Wildman–Crippen MR) is 121 cm³/mol. The highest BCUT2D eigenvalue weighted by molar-refractivity contribution is 5.94. The van der Waals surface area contributed by atoms with Gasteiger partial charge in [0.2, 0.25) is 0 Å². The fourth-order valence-corrected chi connectivity index (χ4v) is 4.25. The molecule has 0 radical (unpaired) electrons. The van der Waals surface area contributed by atoms with Crippen LogP contribution in [0, 0.1) is 17.2 Å². The molecule has 2 aliphatic rings. The highest BCUT2D eigenvalue weighted by atomic mass is 19.4. The lowest BCUT2D eigenvalue weighted by Crippen LogP contribution is -2.48. The Bertz CT molecular complexity index is 984. The van der Waals surface area contributed by atoms with E-state index in [1.54, 1.807) is 24.3 Å². The van der Waals surface area contributed by atoms with Gasteiger partial charge in [-0.2, -0.15) is 31.6 Å². The van der Waals surface area contributed by atoms with Crippen LogP contribution < -0.4 is 0 Å². The first kappa shape index (κ1) is 32.6. The number of benzene rings is 1. The van der Waals surface area contributed by atoms with Crippen LogP contribution in [-0.2, 0) is 9.59 Å². The summed E-state index contributed by atoms with van der Waals surface area (Å²) in [5.41, 5.74) is 1.28. The van der Waals surface area contributed by atoms with Gasteiger partial charge in [0.05, 0.1) is 11.6 Å². The van der Waals surface area contributed by atoms with Crippen molar-refractivity contribution in [3.05, 3.63) is 35.4 Å². The molecule has 9 nitrogen and oxygen atoms in total. The van der Waals surface area contributed by atoms with Gasteiger partial charge in [-0.3, -0.25) is 9.69 Å². The van der Waals surface area contributed by atoms with Gasteiger partial charge in [-0.25, -0.2) is 9.59 Å². The Labute approximate surface area is 214 Å². The van der Waals surface area contributed by atoms with Gasteiger partial charge >= 0.3 is 24.3 Å². The number of carbonyl (C=O) groups is 3. The molecule has 2 fully saturated rings. The molecular formula is C23H28F6N4O5. The monoisotopic (exact) mass is 554 g/mol. The Kier molecular flexibility index (Phi) is 11.5. The van der Waals surface area contributed by atoms with Gasteiger partial charge in [-0.1, -0.05) is 0 Å². The molecule has 0 aromatic heterocycles. The molecule has 2 saturated heterocycles. The number of fused-ring (bicyclic) bond motifs is 1. The highest BCUT2D eigenvalue weighted by Gasteiger charge is 2.43. The van der Waals surface area contributed by atoms with E-state index in [4.69, 9.17) is 25.1 Å². The minimum absolute atomic E-state index is 0.0941. The van der Waals surface area contributed by atoms with E-state index >= 15 is 0 Å². The average Bonchev–Trinajstić information content (AvgIpc) is 3.12. The number of nitriles is 1. The second kappa shape index (κ2) is 13.4. The van der Waals surface area contributed by atoms with Crippen molar-refractivity contribution in [2.24, 2.45) is 5.92 Å². The molecule has 0 bridgehead atoms. The average molecular weight is 554 g/mol. The first-order valence-corrected chi connectivity index (χ1v) is 11.1. The number of halogens is 6. The Morgan fingerprint density at radius 1 is 1.03 bits per heavy atom. The van der Waals surface area contributed by atoms with Crippen LogP contribution in [0.3, 0.4) is 0 Å². The van der Waals surface area contributed by atoms with Crippen LogP contribution in [0.15, 0.2) is 24.3 Å². The van der Waals surface area contributed by atoms with Crippen molar-refractivity contribution in [2.45, 2.75) is 37.3 Å². The summed E-state index contributed by atoms with van der Waals surface area (Å²) in [7, 11) is 6.48. The fraction of sp³-hybridized carbons (Fsp3) is 0.565. The minimum atomic E-state index is -5.08. The molecule has 0 spiro atoms. The van der Waals surface area contributed by atoms with Crippen molar-refractivity contribution < 1.29 is 50.9 Å². The van der Waals surface area contributed by atoms with E-state index in [1.807, 2.05) is 4.90 Å². The van der Waals surface area contributed by atoms with Gasteiger partial charge in [0.15, 0.2) is 0 Å². The summed E-state index contributed by atoms with van der Waals surface area (Å²) >= 11 is 0. The van der Waals surface area contributed by atoms with Gasteiger partial charge in [-0.05, 0) is 64.2 Å². The standard InChI is InChI=1S/C19H26N4O.2C2HF3O2/c1-21(2)13-17-10-16-12-23(9-8-18(16)22(17)3)19(24)15-6-4-14(11-20)5-7-15;2*3-2(4,5)1(6)7/h4-7,16-18H,8-10,12-13H2,1-3H3;2*(H,6,7)/t16-,17+,18+;;/m1../s1. The van der Waals surface area contributed by atoms with E-state index < -0.39 is 24.3 Å². The fourth-order valence-electron chi connectivity index (χ4n) is 4.25. The number of rotatable bonds is 3. The molecule has 15 heteroatoms. The number of likely N-dealkylation sites (tertiary alicyclic amines) is 2. The summed E-state index contributed by atoms with van der Waals surface area (Å²) < 4.78 is 63.5. The van der Waals surface area contributed by atoms with E-state index in [0.717, 1.165) is 32.5 Å². The van der Waals surface area contributed by atoms with E-state index in [0.29, 0.717) is 29.1 Å². The molecule has 0 unspecified atom stereocenters. The molecule has 38 heavy (non-hydrogen) atoms. The SMILES string of the molecule is CN(C)C[C@@H]1C[C@@H]2CN(C(=O)c3ccc(C#N)cc3)CC[C@@H]2N1C.O=C(O)C(F)(F)F.O=C(O)C(F)(F)F. The van der Waals surface area contributed by atoms with Crippen LogP contribution in [-0.4, -0.2) is 108 Å². The van der Waals surface area contributed by atoms with Crippen molar-refractivity contribution in [3.8, 4) is 6.07 Å². The molecule has 212 valence electrons. The van der Waals surface area contributed by atoms with Crippen LogP contribution in [0.25, 0.3) is 0 Å². The minimum Gasteiger partial charge on any atom is -0.475 e. The maximum absolute atomic E-state index is 12.7. The smallest absolute Gasteiger partial charge is 0.475 e. The van der Waals surface area contributed by atoms with Gasteiger partial charge in [0.25, 0.3) is 5.91 Å². The molecular weight excluding hydrogens is 526 g/mol. The lowest BCUT2D eigenvalue weighted by atomic mass is 9.91. The second-order valence-electron chi connectivity index (χ2n) is 8.98. The number of nitrogens with zero attached hydrogens (tertiary/aromatic N) is 4. The number of carbonyl (C=O) groups excluding carboxylic acids is 1. The summed E-state index contributed by atoms with van der Waals surface area (Å²) in [6.45, 7) is 2.74. The van der Waals surface area contributed by atoms with Crippen molar-refractivity contribution >= 4 is 17.8 Å². The molecule has 1 amide bonds. The number of carboxylic acids is 2. The maximum atomic E-state index is 12.7. The van der Waals surface area contributed by atoms with Crippen molar-refractivity contribution in [2.75, 3.05) is 40.8 Å². The molecule has 0 aliphatic carbocycles. The second-order valence-corrected chi connectivity index (χ2v) is 8.98. The van der Waals surface area contributed by atoms with Crippen LogP contribution in [0.1, 0.15) is 28.8 Å². The van der Waals surface area contributed by atoms with E-state index in [-0.39, 0.29) is 5.91 Å². The normalized spacial score (nSPS) is 21.3. The molecule has 3 rings (SSSR count). The largest absolute Gasteiger partial charge is 0.490 e. The lowest BCUT2D eigenvalue weighted by Gasteiger charge is -2.37. The molecule has 3 atom stereocenters. The third-order valence-corrected chi connectivity index (χ3v) is 5.98. The van der Waals surface area contributed by atoms with E-state index in [9.17, 15) is 31.1 Å². The van der Waals surface area contributed by atoms with Crippen LogP contribution in [0.5, 0.6) is 0 Å². The number of hydrogen-bond acceptors (Lipinski definition) is 6. The maximum Gasteiger partial charge on any atom is 0.490 e. The van der Waals surface area contributed by atoms with Crippen molar-refractivity contribution in [3.63, 3.8) is 0 Å². The van der Waals surface area contributed by atoms with E-state index in [2.05, 4.69) is 37.0 Å². The number of alkyl halides is 6. The van der Waals surface area contributed by atoms with Gasteiger partial charge in [0, 0.05) is 37.3 Å². The first-order chi connectivity index (χ1) is 17.4. The van der Waals surface area contributed by atoms with E-state index in [1.165, 1.54) is 0 Å². The summed E-state index contributed by atoms with van der Waals surface area (Å²) in [6, 6.07) is 10.2. The Hall–Kier alpha value is -3.38. The number of likely N-dealkylation sites (N-methyl/N-ethyl adjacent to an activating group) is 2. The highest BCUT2D eigenvalue weighted by Crippen LogP contribution is 2.35. The third kappa shape index (κ3) is 9.82. The Balaban J connectivity index is 0.000000426.